The summed E-state index contributed by atoms with van der Waals surface area (Å²) < 4.78 is 44.0. The fraction of sp³-hybridized carbons (Fsp3) is 0. The Kier molecular flexibility index (Phi) is 6.45. The Labute approximate surface area is 149 Å². The van der Waals surface area contributed by atoms with Crippen molar-refractivity contribution in [2.45, 2.75) is 4.90 Å². The van der Waals surface area contributed by atoms with Crippen LogP contribution in [-0.2, 0) is 19.6 Å². The number of hydrogen-bond acceptors (Lipinski definition) is 6. The van der Waals surface area contributed by atoms with Gasteiger partial charge in [-0.05, 0) is 30.3 Å². The Balaban J connectivity index is 0.000000433. The van der Waals surface area contributed by atoms with Crippen LogP contribution in [0.25, 0.3) is 11.0 Å². The van der Waals surface area contributed by atoms with Gasteiger partial charge in [0.25, 0.3) is 10.0 Å². The fourth-order valence-electron chi connectivity index (χ4n) is 1.66. The molecule has 0 amide bonds. The lowest BCUT2D eigenvalue weighted by atomic mass is 10.3. The SMILES string of the molecule is O=S(=O)(Nc1ccc2nsnc2c1)c1ccccc1.[O-][S+](Cl)Cl. The molecule has 0 unspecified atom stereocenters. The van der Waals surface area contributed by atoms with E-state index in [9.17, 15) is 8.42 Å². The molecule has 1 N–H and O–H groups in total. The van der Waals surface area contributed by atoms with Crippen LogP contribution in [0.3, 0.4) is 0 Å². The van der Waals surface area contributed by atoms with Crippen molar-refractivity contribution in [3.05, 3.63) is 48.5 Å². The average Bonchev–Trinajstić information content (AvgIpc) is 2.95. The van der Waals surface area contributed by atoms with Crippen LogP contribution < -0.4 is 4.72 Å². The van der Waals surface area contributed by atoms with Crippen LogP contribution in [0.2, 0.25) is 0 Å². The molecule has 3 rings (SSSR count). The number of fused-ring (bicyclic) bond motifs is 1. The van der Waals surface area contributed by atoms with E-state index in [2.05, 4.69) is 34.8 Å². The van der Waals surface area contributed by atoms with Crippen LogP contribution >= 0.6 is 33.1 Å². The molecule has 0 saturated heterocycles. The summed E-state index contributed by atoms with van der Waals surface area (Å²) in [7, 11) is 3.80. The third-order valence-electron chi connectivity index (χ3n) is 2.56. The molecule has 11 heteroatoms. The molecule has 0 aliphatic rings. The summed E-state index contributed by atoms with van der Waals surface area (Å²) in [6, 6.07) is 13.3. The molecular formula is C12H9Cl2N3O3S3. The minimum atomic E-state index is -3.56. The van der Waals surface area contributed by atoms with E-state index in [4.69, 9.17) is 4.55 Å². The molecule has 0 radical (unpaired) electrons. The average molecular weight is 410 g/mol. The second kappa shape index (κ2) is 8.13. The monoisotopic (exact) mass is 409 g/mol. The van der Waals surface area contributed by atoms with Crippen molar-refractivity contribution < 1.29 is 13.0 Å². The summed E-state index contributed by atoms with van der Waals surface area (Å²) in [6.45, 7) is 0. The van der Waals surface area contributed by atoms with Gasteiger partial charge < -0.3 is 4.55 Å². The summed E-state index contributed by atoms with van der Waals surface area (Å²) in [5.74, 6) is 0. The van der Waals surface area contributed by atoms with Crippen molar-refractivity contribution in [3.8, 4) is 0 Å². The van der Waals surface area contributed by atoms with Crippen LogP contribution in [0.5, 0.6) is 0 Å². The summed E-state index contributed by atoms with van der Waals surface area (Å²) in [4.78, 5) is 0.228. The predicted molar refractivity (Wildman–Crippen MR) is 94.5 cm³/mol. The van der Waals surface area contributed by atoms with E-state index in [0.717, 1.165) is 17.2 Å². The molecule has 23 heavy (non-hydrogen) atoms. The molecule has 0 spiro atoms. The van der Waals surface area contributed by atoms with Crippen molar-refractivity contribution >= 4 is 69.4 Å². The summed E-state index contributed by atoms with van der Waals surface area (Å²) in [5, 5.41) is 0. The van der Waals surface area contributed by atoms with Crippen molar-refractivity contribution in [1.82, 2.24) is 8.75 Å². The maximum absolute atomic E-state index is 12.1. The third-order valence-corrected chi connectivity index (χ3v) is 4.51. The molecule has 122 valence electrons. The quantitative estimate of drug-likeness (QED) is 0.667. The topological polar surface area (TPSA) is 95.0 Å². The van der Waals surface area contributed by atoms with E-state index >= 15 is 0 Å². The number of benzene rings is 2. The van der Waals surface area contributed by atoms with Gasteiger partial charge in [0, 0.05) is 0 Å². The molecule has 6 nitrogen and oxygen atoms in total. The van der Waals surface area contributed by atoms with Gasteiger partial charge in [-0.3, -0.25) is 4.72 Å². The Bertz CT molecular complexity index is 870. The van der Waals surface area contributed by atoms with E-state index < -0.39 is 19.6 Å². The first-order valence-electron chi connectivity index (χ1n) is 5.93. The Morgan fingerprint density at radius 2 is 1.65 bits per heavy atom. The third kappa shape index (κ3) is 5.48. The highest BCUT2D eigenvalue weighted by atomic mass is 36.0. The lowest BCUT2D eigenvalue weighted by molar-refractivity contribution is 0.601. The Morgan fingerprint density at radius 3 is 2.30 bits per heavy atom. The first kappa shape index (κ1) is 18.2. The molecule has 0 bridgehead atoms. The van der Waals surface area contributed by atoms with Gasteiger partial charge in [0.05, 0.1) is 22.3 Å². The highest BCUT2D eigenvalue weighted by Crippen LogP contribution is 2.20. The predicted octanol–water partition coefficient (Wildman–Crippen LogP) is 3.53. The molecular weight excluding hydrogens is 401 g/mol. The number of aromatic nitrogens is 2. The van der Waals surface area contributed by atoms with Gasteiger partial charge >= 0.3 is 0 Å². The van der Waals surface area contributed by atoms with E-state index in [1.165, 1.54) is 0 Å². The molecule has 1 aromatic heterocycles. The lowest BCUT2D eigenvalue weighted by Crippen LogP contribution is -2.12. The molecule has 0 atom stereocenters. The number of nitrogens with one attached hydrogen (secondary N) is 1. The van der Waals surface area contributed by atoms with Crippen LogP contribution in [-0.4, -0.2) is 21.7 Å². The van der Waals surface area contributed by atoms with Gasteiger partial charge in [-0.15, -0.1) is 0 Å². The van der Waals surface area contributed by atoms with E-state index in [-0.39, 0.29) is 4.90 Å². The lowest BCUT2D eigenvalue weighted by Gasteiger charge is -2.07. The first-order chi connectivity index (χ1) is 10.9. The summed E-state index contributed by atoms with van der Waals surface area (Å²) in [6.07, 6.45) is 0. The van der Waals surface area contributed by atoms with Gasteiger partial charge in [-0.25, -0.2) is 8.42 Å². The zero-order valence-electron chi connectivity index (χ0n) is 11.2. The largest absolute Gasteiger partial charge is 0.582 e. The van der Waals surface area contributed by atoms with E-state index in [1.54, 1.807) is 48.5 Å². The number of nitrogens with zero attached hydrogens (tertiary/aromatic N) is 2. The van der Waals surface area contributed by atoms with Gasteiger partial charge in [0.1, 0.15) is 11.0 Å². The van der Waals surface area contributed by atoms with Gasteiger partial charge in [0.15, 0.2) is 31.0 Å². The smallest absolute Gasteiger partial charge is 0.261 e. The second-order valence-electron chi connectivity index (χ2n) is 4.07. The molecule has 0 aliphatic heterocycles. The maximum atomic E-state index is 12.1. The molecule has 2 aromatic carbocycles. The molecule has 1 heterocycles. The molecule has 0 saturated carbocycles. The second-order valence-corrected chi connectivity index (χ2v) is 8.81. The number of anilines is 1. The number of hydrogen-bond donors (Lipinski definition) is 1. The zero-order chi connectivity index (χ0) is 16.9. The van der Waals surface area contributed by atoms with E-state index in [1.807, 2.05) is 0 Å². The van der Waals surface area contributed by atoms with Crippen LogP contribution in [0.1, 0.15) is 0 Å². The van der Waals surface area contributed by atoms with Gasteiger partial charge in [-0.1, -0.05) is 18.2 Å². The van der Waals surface area contributed by atoms with Crippen molar-refractivity contribution in [1.29, 1.82) is 0 Å². The summed E-state index contributed by atoms with van der Waals surface area (Å²) in [5.41, 5.74) is 1.91. The van der Waals surface area contributed by atoms with Gasteiger partial charge in [0.2, 0.25) is 0 Å². The van der Waals surface area contributed by atoms with Crippen LogP contribution in [0.4, 0.5) is 5.69 Å². The first-order valence-corrected chi connectivity index (χ1v) is 10.9. The van der Waals surface area contributed by atoms with E-state index in [0.29, 0.717) is 11.2 Å². The minimum Gasteiger partial charge on any atom is -0.582 e. The summed E-state index contributed by atoms with van der Waals surface area (Å²) >= 11 is 1.10. The zero-order valence-corrected chi connectivity index (χ0v) is 15.2. The fourth-order valence-corrected chi connectivity index (χ4v) is 3.25. The number of rotatable bonds is 3. The van der Waals surface area contributed by atoms with Crippen LogP contribution in [0.15, 0.2) is 53.4 Å². The number of halogens is 2. The van der Waals surface area contributed by atoms with Crippen molar-refractivity contribution in [2.75, 3.05) is 4.72 Å². The highest BCUT2D eigenvalue weighted by Gasteiger charge is 2.13. The Hall–Kier alpha value is -1.10. The van der Waals surface area contributed by atoms with Crippen molar-refractivity contribution in [2.24, 2.45) is 0 Å². The van der Waals surface area contributed by atoms with Gasteiger partial charge in [-0.2, -0.15) is 8.75 Å². The standard InChI is InChI=1S/C12H9N3O2S2.Cl2OS/c16-19(17,10-4-2-1-3-5-10)15-9-6-7-11-12(8-9)14-18-13-11;1-4(2)3/h1-8,15H;. The van der Waals surface area contributed by atoms with Crippen molar-refractivity contribution in [3.63, 3.8) is 0 Å². The maximum Gasteiger partial charge on any atom is 0.261 e. The molecule has 0 aliphatic carbocycles. The molecule has 0 fully saturated rings. The molecule has 3 aromatic rings. The Morgan fingerprint density at radius 1 is 1.04 bits per heavy atom. The minimum absolute atomic E-state index is 0.228. The van der Waals surface area contributed by atoms with Crippen LogP contribution in [0, 0.1) is 0 Å². The normalized spacial score (nSPS) is 11.1. The highest BCUT2D eigenvalue weighted by molar-refractivity contribution is 8.31. The number of sulfonamides is 1.